The van der Waals surface area contributed by atoms with Crippen LogP contribution in [0.25, 0.3) is 0 Å². The fraction of sp³-hybridized carbons (Fsp3) is 0.296. The van der Waals surface area contributed by atoms with E-state index in [2.05, 4.69) is 5.32 Å². The van der Waals surface area contributed by atoms with E-state index >= 15 is 0 Å². The molecule has 0 saturated carbocycles. The Balaban J connectivity index is 1.24. The van der Waals surface area contributed by atoms with Gasteiger partial charge in [-0.3, -0.25) is 0 Å². The Hall–Kier alpha value is -3.55. The van der Waals surface area contributed by atoms with Gasteiger partial charge in [0.05, 0.1) is 5.56 Å². The van der Waals surface area contributed by atoms with Crippen molar-refractivity contribution in [1.82, 2.24) is 5.32 Å². The summed E-state index contributed by atoms with van der Waals surface area (Å²) in [6.45, 7) is 3.11. The average Bonchev–Trinajstić information content (AvgIpc) is 2.84. The summed E-state index contributed by atoms with van der Waals surface area (Å²) in [7, 11) is 0. The van der Waals surface area contributed by atoms with E-state index in [1.165, 1.54) is 6.07 Å². The van der Waals surface area contributed by atoms with Crippen molar-refractivity contribution in [2.45, 2.75) is 32.0 Å². The molecule has 0 amide bonds. The number of hydrogen-bond acceptors (Lipinski definition) is 6. The number of nitrogens with one attached hydrogen (secondary N) is 1. The molecule has 0 saturated heterocycles. The van der Waals surface area contributed by atoms with Crippen LogP contribution in [0.4, 0.5) is 0 Å². The van der Waals surface area contributed by atoms with E-state index in [0.717, 1.165) is 35.5 Å². The Bertz CT molecular complexity index is 1120. The van der Waals surface area contributed by atoms with Gasteiger partial charge in [-0.1, -0.05) is 18.2 Å². The molecule has 3 aromatic carbocycles. The summed E-state index contributed by atoms with van der Waals surface area (Å²) in [5, 5.41) is 22.5. The normalized spacial score (nSPS) is 15.6. The minimum atomic E-state index is -0.959. The van der Waals surface area contributed by atoms with Crippen LogP contribution in [0.15, 0.2) is 66.7 Å². The monoisotopic (exact) mass is 463 g/mol. The molecule has 0 radical (unpaired) electrons. The molecule has 0 unspecified atom stereocenters. The number of fused-ring (bicyclic) bond motifs is 1. The lowest BCUT2D eigenvalue weighted by molar-refractivity contribution is 0.0696. The summed E-state index contributed by atoms with van der Waals surface area (Å²) in [5.41, 5.74) is 2.07. The third kappa shape index (κ3) is 6.27. The lowest BCUT2D eigenvalue weighted by Crippen LogP contribution is -2.39. The van der Waals surface area contributed by atoms with Crippen LogP contribution in [-0.2, 0) is 6.42 Å². The van der Waals surface area contributed by atoms with Gasteiger partial charge in [-0.05, 0) is 79.4 Å². The lowest BCUT2D eigenvalue weighted by atomic mass is 10.0. The zero-order valence-electron chi connectivity index (χ0n) is 19.1. The molecule has 34 heavy (non-hydrogen) atoms. The minimum absolute atomic E-state index is 0.0207. The van der Waals surface area contributed by atoms with Crippen LogP contribution in [0.1, 0.15) is 27.9 Å². The standard InChI is InChI=1S/C27H29NO6/c1-18-13-20(27(30)31)8-11-25(18)33-23-10-12-26-19(14-23)7-9-24(34-26)16-28-15-21(29)17-32-22-5-3-2-4-6-22/h2-6,8,10-14,21,24,28-29H,7,9,15-17H2,1H3,(H,30,31)/t21-,24+/m0/s1. The topological polar surface area (TPSA) is 97.3 Å². The molecule has 0 spiro atoms. The molecule has 178 valence electrons. The van der Waals surface area contributed by atoms with E-state index in [1.807, 2.05) is 55.5 Å². The van der Waals surface area contributed by atoms with E-state index in [-0.39, 0.29) is 18.3 Å². The number of carboxylic acids is 1. The molecule has 0 bridgehead atoms. The Morgan fingerprint density at radius 2 is 1.94 bits per heavy atom. The number of aryl methyl sites for hydroxylation is 2. The van der Waals surface area contributed by atoms with E-state index in [4.69, 9.17) is 19.3 Å². The first kappa shape index (κ1) is 23.6. The number of aliphatic hydroxyl groups excluding tert-OH is 1. The van der Waals surface area contributed by atoms with Gasteiger partial charge in [0.15, 0.2) is 0 Å². The van der Waals surface area contributed by atoms with Crippen LogP contribution in [-0.4, -0.2) is 48.1 Å². The number of aliphatic hydroxyl groups is 1. The molecule has 1 heterocycles. The first-order chi connectivity index (χ1) is 16.5. The Labute approximate surface area is 198 Å². The second-order valence-corrected chi connectivity index (χ2v) is 8.37. The average molecular weight is 464 g/mol. The summed E-state index contributed by atoms with van der Waals surface area (Å²) in [6.07, 6.45) is 1.12. The number of rotatable bonds is 10. The Morgan fingerprint density at radius 3 is 2.71 bits per heavy atom. The molecule has 1 aliphatic heterocycles. The number of carbonyl (C=O) groups is 1. The van der Waals surface area contributed by atoms with Crippen LogP contribution < -0.4 is 19.5 Å². The highest BCUT2D eigenvalue weighted by atomic mass is 16.5. The molecule has 0 aliphatic carbocycles. The van der Waals surface area contributed by atoms with Gasteiger partial charge in [0, 0.05) is 13.1 Å². The fourth-order valence-corrected chi connectivity index (χ4v) is 3.83. The fourth-order valence-electron chi connectivity index (χ4n) is 3.83. The SMILES string of the molecule is Cc1cc(C(=O)O)ccc1Oc1ccc2c(c1)CC[C@H](CNC[C@H](O)COc1ccccc1)O2. The second kappa shape index (κ2) is 11.0. The van der Waals surface area contributed by atoms with Crippen molar-refractivity contribution >= 4 is 5.97 Å². The predicted octanol–water partition coefficient (Wildman–Crippen LogP) is 4.21. The molecule has 7 heteroatoms. The highest BCUT2D eigenvalue weighted by molar-refractivity contribution is 5.88. The third-order valence-corrected chi connectivity index (χ3v) is 5.65. The van der Waals surface area contributed by atoms with Crippen molar-refractivity contribution in [3.63, 3.8) is 0 Å². The van der Waals surface area contributed by atoms with Crippen molar-refractivity contribution in [3.8, 4) is 23.0 Å². The van der Waals surface area contributed by atoms with Crippen molar-refractivity contribution in [2.24, 2.45) is 0 Å². The van der Waals surface area contributed by atoms with Crippen molar-refractivity contribution < 1.29 is 29.2 Å². The van der Waals surface area contributed by atoms with Gasteiger partial charge in [-0.25, -0.2) is 4.79 Å². The quantitative estimate of drug-likeness (QED) is 0.414. The second-order valence-electron chi connectivity index (χ2n) is 8.37. The predicted molar refractivity (Wildman–Crippen MR) is 128 cm³/mol. The van der Waals surface area contributed by atoms with Crippen LogP contribution in [0.2, 0.25) is 0 Å². The number of carboxylic acid groups (broad SMARTS) is 1. The van der Waals surface area contributed by atoms with Crippen LogP contribution in [0.3, 0.4) is 0 Å². The summed E-state index contributed by atoms with van der Waals surface area (Å²) >= 11 is 0. The van der Waals surface area contributed by atoms with Crippen LogP contribution in [0, 0.1) is 6.92 Å². The molecule has 3 N–H and O–H groups in total. The van der Waals surface area contributed by atoms with E-state index in [1.54, 1.807) is 12.1 Å². The maximum atomic E-state index is 11.1. The van der Waals surface area contributed by atoms with Crippen molar-refractivity contribution in [1.29, 1.82) is 0 Å². The Morgan fingerprint density at radius 1 is 1.12 bits per heavy atom. The van der Waals surface area contributed by atoms with Crippen LogP contribution in [0.5, 0.6) is 23.0 Å². The van der Waals surface area contributed by atoms with Crippen molar-refractivity contribution in [3.05, 3.63) is 83.4 Å². The number of aromatic carboxylic acids is 1. The highest BCUT2D eigenvalue weighted by Crippen LogP contribution is 2.33. The van der Waals surface area contributed by atoms with Gasteiger partial charge in [0.25, 0.3) is 0 Å². The molecule has 4 rings (SSSR count). The first-order valence-corrected chi connectivity index (χ1v) is 11.4. The number of para-hydroxylation sites is 1. The molecular formula is C27H29NO6. The summed E-state index contributed by atoms with van der Waals surface area (Å²) < 4.78 is 17.7. The zero-order valence-corrected chi connectivity index (χ0v) is 19.1. The van der Waals surface area contributed by atoms with E-state index in [9.17, 15) is 9.90 Å². The highest BCUT2D eigenvalue weighted by Gasteiger charge is 2.21. The molecule has 3 aromatic rings. The molecule has 0 fully saturated rings. The lowest BCUT2D eigenvalue weighted by Gasteiger charge is -2.27. The third-order valence-electron chi connectivity index (χ3n) is 5.65. The van der Waals surface area contributed by atoms with Gasteiger partial charge >= 0.3 is 5.97 Å². The Kier molecular flexibility index (Phi) is 7.67. The molecule has 1 aliphatic rings. The molecular weight excluding hydrogens is 434 g/mol. The molecule has 7 nitrogen and oxygen atoms in total. The maximum absolute atomic E-state index is 11.1. The number of benzene rings is 3. The van der Waals surface area contributed by atoms with Crippen LogP contribution >= 0.6 is 0 Å². The van der Waals surface area contributed by atoms with Gasteiger partial charge < -0.3 is 29.7 Å². The minimum Gasteiger partial charge on any atom is -0.491 e. The first-order valence-electron chi connectivity index (χ1n) is 11.4. The van der Waals surface area contributed by atoms with Gasteiger partial charge in [0.2, 0.25) is 0 Å². The smallest absolute Gasteiger partial charge is 0.335 e. The van der Waals surface area contributed by atoms with Gasteiger partial charge in [-0.15, -0.1) is 0 Å². The summed E-state index contributed by atoms with van der Waals surface area (Å²) in [5.74, 6) is 1.92. The number of hydrogen-bond donors (Lipinski definition) is 3. The summed E-state index contributed by atoms with van der Waals surface area (Å²) in [4.78, 5) is 11.1. The number of ether oxygens (including phenoxy) is 3. The maximum Gasteiger partial charge on any atom is 0.335 e. The van der Waals surface area contributed by atoms with Gasteiger partial charge in [-0.2, -0.15) is 0 Å². The van der Waals surface area contributed by atoms with Crippen molar-refractivity contribution in [2.75, 3.05) is 19.7 Å². The molecule has 0 aromatic heterocycles. The zero-order chi connectivity index (χ0) is 23.9. The molecule has 2 atom stereocenters. The van der Waals surface area contributed by atoms with E-state index < -0.39 is 12.1 Å². The largest absolute Gasteiger partial charge is 0.491 e. The summed E-state index contributed by atoms with van der Waals surface area (Å²) in [6, 6.07) is 20.0. The van der Waals surface area contributed by atoms with Gasteiger partial charge in [0.1, 0.15) is 41.8 Å². The van der Waals surface area contributed by atoms with E-state index in [0.29, 0.717) is 24.6 Å².